The summed E-state index contributed by atoms with van der Waals surface area (Å²) in [5, 5.41) is 0. The largest absolute Gasteiger partial charge is 0.397 e. The van der Waals surface area contributed by atoms with E-state index in [2.05, 4.69) is 9.97 Å². The highest BCUT2D eigenvalue weighted by atomic mass is 19.1. The summed E-state index contributed by atoms with van der Waals surface area (Å²) in [5.74, 6) is -0.432. The van der Waals surface area contributed by atoms with Gasteiger partial charge >= 0.3 is 0 Å². The monoisotopic (exact) mass is 192 g/mol. The maximum absolute atomic E-state index is 13.4. The van der Waals surface area contributed by atoms with E-state index in [0.717, 1.165) is 0 Å². The average Bonchev–Trinajstić information content (AvgIpc) is 2.18. The Balaban J connectivity index is 2.90. The number of anilines is 1. The van der Waals surface area contributed by atoms with E-state index in [1.54, 1.807) is 0 Å². The topological polar surface area (TPSA) is 77.8 Å². The molecule has 4 N–H and O–H groups in total. The second-order valence-electron chi connectivity index (χ2n) is 2.88. The molecule has 1 aromatic carbocycles. The van der Waals surface area contributed by atoms with E-state index >= 15 is 0 Å². The quantitative estimate of drug-likeness (QED) is 0.655. The van der Waals surface area contributed by atoms with E-state index in [4.69, 9.17) is 11.5 Å². The van der Waals surface area contributed by atoms with Gasteiger partial charge in [-0.2, -0.15) is 0 Å². The van der Waals surface area contributed by atoms with E-state index in [1.807, 2.05) is 0 Å². The lowest BCUT2D eigenvalue weighted by Gasteiger charge is -2.06. The third kappa shape index (κ3) is 1.18. The molecule has 0 aliphatic heterocycles. The summed E-state index contributed by atoms with van der Waals surface area (Å²) < 4.78 is 13.4. The summed E-state index contributed by atoms with van der Waals surface area (Å²) in [6.45, 7) is 0.0846. The fourth-order valence-corrected chi connectivity index (χ4v) is 1.37. The van der Waals surface area contributed by atoms with Gasteiger partial charge in [-0.25, -0.2) is 4.39 Å². The van der Waals surface area contributed by atoms with Crippen LogP contribution in [0.25, 0.3) is 11.0 Å². The summed E-state index contributed by atoms with van der Waals surface area (Å²) in [4.78, 5) is 8.03. The van der Waals surface area contributed by atoms with Crippen molar-refractivity contribution in [1.29, 1.82) is 0 Å². The van der Waals surface area contributed by atoms with Gasteiger partial charge in [0.05, 0.1) is 11.2 Å². The van der Waals surface area contributed by atoms with Crippen LogP contribution in [0.2, 0.25) is 0 Å². The Bertz CT molecular complexity index is 483. The molecule has 0 atom stereocenters. The molecule has 72 valence electrons. The predicted molar refractivity (Wildman–Crippen MR) is 51.8 cm³/mol. The molecule has 0 radical (unpaired) electrons. The summed E-state index contributed by atoms with van der Waals surface area (Å²) >= 11 is 0. The SMILES string of the molecule is NCc1c(F)cc(N)c2nccnc12. The summed E-state index contributed by atoms with van der Waals surface area (Å²) in [6, 6.07) is 1.22. The van der Waals surface area contributed by atoms with Gasteiger partial charge in [0.25, 0.3) is 0 Å². The van der Waals surface area contributed by atoms with Crippen LogP contribution >= 0.6 is 0 Å². The molecule has 5 heteroatoms. The lowest BCUT2D eigenvalue weighted by molar-refractivity contribution is 0.613. The maximum atomic E-state index is 13.4. The second kappa shape index (κ2) is 3.19. The van der Waals surface area contributed by atoms with Crippen molar-refractivity contribution in [3.8, 4) is 0 Å². The Morgan fingerprint density at radius 1 is 1.21 bits per heavy atom. The van der Waals surface area contributed by atoms with Gasteiger partial charge in [-0.1, -0.05) is 0 Å². The first-order valence-electron chi connectivity index (χ1n) is 4.11. The molecule has 2 rings (SSSR count). The van der Waals surface area contributed by atoms with Crippen molar-refractivity contribution in [3.05, 3.63) is 29.8 Å². The molecule has 1 aromatic heterocycles. The van der Waals surface area contributed by atoms with E-state index in [0.29, 0.717) is 16.6 Å². The Morgan fingerprint density at radius 2 is 1.86 bits per heavy atom. The van der Waals surface area contributed by atoms with E-state index in [9.17, 15) is 4.39 Å². The molecule has 0 fully saturated rings. The summed E-state index contributed by atoms with van der Waals surface area (Å²) in [6.07, 6.45) is 3.00. The van der Waals surface area contributed by atoms with E-state index in [1.165, 1.54) is 18.5 Å². The van der Waals surface area contributed by atoms with Gasteiger partial charge < -0.3 is 11.5 Å². The first kappa shape index (κ1) is 8.83. The van der Waals surface area contributed by atoms with E-state index in [-0.39, 0.29) is 12.2 Å². The molecule has 4 nitrogen and oxygen atoms in total. The predicted octanol–water partition coefficient (Wildman–Crippen LogP) is 0.810. The average molecular weight is 192 g/mol. The molecular weight excluding hydrogens is 183 g/mol. The number of hydrogen-bond donors (Lipinski definition) is 2. The molecule has 14 heavy (non-hydrogen) atoms. The number of benzene rings is 1. The maximum Gasteiger partial charge on any atom is 0.132 e. The number of rotatable bonds is 1. The molecule has 0 spiro atoms. The minimum absolute atomic E-state index is 0.0846. The minimum atomic E-state index is -0.432. The van der Waals surface area contributed by atoms with Crippen molar-refractivity contribution in [2.75, 3.05) is 5.73 Å². The zero-order valence-corrected chi connectivity index (χ0v) is 7.37. The highest BCUT2D eigenvalue weighted by molar-refractivity contribution is 5.88. The van der Waals surface area contributed by atoms with Crippen LogP contribution in [0, 0.1) is 5.82 Å². The van der Waals surface area contributed by atoms with Crippen LogP contribution in [-0.2, 0) is 6.54 Å². The zero-order chi connectivity index (χ0) is 10.1. The van der Waals surface area contributed by atoms with Gasteiger partial charge in [-0.05, 0) is 6.07 Å². The van der Waals surface area contributed by atoms with Crippen molar-refractivity contribution in [3.63, 3.8) is 0 Å². The summed E-state index contributed by atoms with van der Waals surface area (Å²) in [7, 11) is 0. The van der Waals surface area contributed by atoms with Crippen molar-refractivity contribution >= 4 is 16.7 Å². The highest BCUT2D eigenvalue weighted by Crippen LogP contribution is 2.23. The molecular formula is C9H9FN4. The van der Waals surface area contributed by atoms with Crippen LogP contribution in [-0.4, -0.2) is 9.97 Å². The Hall–Kier alpha value is -1.75. The third-order valence-electron chi connectivity index (χ3n) is 2.03. The third-order valence-corrected chi connectivity index (χ3v) is 2.03. The standard InChI is InChI=1S/C9H9FN4/c10-6-3-7(12)9-8(5(6)4-11)13-1-2-14-9/h1-3H,4,11-12H2. The van der Waals surface area contributed by atoms with Gasteiger partial charge in [0.1, 0.15) is 11.3 Å². The molecule has 0 amide bonds. The smallest absolute Gasteiger partial charge is 0.132 e. The fourth-order valence-electron chi connectivity index (χ4n) is 1.37. The lowest BCUT2D eigenvalue weighted by Crippen LogP contribution is -2.04. The second-order valence-corrected chi connectivity index (χ2v) is 2.88. The molecule has 0 aliphatic rings. The lowest BCUT2D eigenvalue weighted by atomic mass is 10.1. The van der Waals surface area contributed by atoms with Gasteiger partial charge in [0.15, 0.2) is 0 Å². The highest BCUT2D eigenvalue weighted by Gasteiger charge is 2.10. The zero-order valence-electron chi connectivity index (χ0n) is 7.37. The summed E-state index contributed by atoms with van der Waals surface area (Å²) in [5.41, 5.74) is 12.6. The Morgan fingerprint density at radius 3 is 2.50 bits per heavy atom. The van der Waals surface area contributed by atoms with Gasteiger partial charge in [-0.15, -0.1) is 0 Å². The van der Waals surface area contributed by atoms with Crippen LogP contribution in [0.5, 0.6) is 0 Å². The van der Waals surface area contributed by atoms with E-state index < -0.39 is 5.82 Å². The molecule has 0 aliphatic carbocycles. The van der Waals surface area contributed by atoms with Gasteiger partial charge in [-0.3, -0.25) is 9.97 Å². The van der Waals surface area contributed by atoms with Crippen molar-refractivity contribution < 1.29 is 4.39 Å². The van der Waals surface area contributed by atoms with Gasteiger partial charge in [0, 0.05) is 24.5 Å². The number of nitrogens with zero attached hydrogens (tertiary/aromatic N) is 2. The van der Waals surface area contributed by atoms with Crippen molar-refractivity contribution in [1.82, 2.24) is 9.97 Å². The Labute approximate surface area is 79.8 Å². The molecule has 0 unspecified atom stereocenters. The number of aromatic nitrogens is 2. The van der Waals surface area contributed by atoms with Crippen LogP contribution in [0.4, 0.5) is 10.1 Å². The normalized spacial score (nSPS) is 10.7. The molecule has 0 bridgehead atoms. The minimum Gasteiger partial charge on any atom is -0.397 e. The van der Waals surface area contributed by atoms with Crippen LogP contribution in [0.1, 0.15) is 5.56 Å². The fraction of sp³-hybridized carbons (Fsp3) is 0.111. The first-order chi connectivity index (χ1) is 6.74. The molecule has 1 heterocycles. The number of fused-ring (bicyclic) bond motifs is 1. The van der Waals surface area contributed by atoms with Crippen LogP contribution in [0.3, 0.4) is 0 Å². The van der Waals surface area contributed by atoms with Crippen molar-refractivity contribution in [2.24, 2.45) is 5.73 Å². The number of halogens is 1. The Kier molecular flexibility index (Phi) is 2.01. The number of hydrogen-bond acceptors (Lipinski definition) is 4. The van der Waals surface area contributed by atoms with Crippen molar-refractivity contribution in [2.45, 2.75) is 6.54 Å². The number of nitrogens with two attached hydrogens (primary N) is 2. The van der Waals surface area contributed by atoms with Gasteiger partial charge in [0.2, 0.25) is 0 Å². The molecule has 2 aromatic rings. The first-order valence-corrected chi connectivity index (χ1v) is 4.11. The molecule has 0 saturated heterocycles. The number of nitrogen functional groups attached to an aromatic ring is 1. The van der Waals surface area contributed by atoms with Crippen LogP contribution < -0.4 is 11.5 Å². The molecule has 0 saturated carbocycles. The van der Waals surface area contributed by atoms with Crippen LogP contribution in [0.15, 0.2) is 18.5 Å².